The largest absolute Gasteiger partial charge is 0.342 e. The number of carbonyl (C=O) groups excluding carboxylic acids is 2. The van der Waals surface area contributed by atoms with Gasteiger partial charge in [0.2, 0.25) is 5.91 Å². The first-order valence-corrected chi connectivity index (χ1v) is 11.1. The fourth-order valence-electron chi connectivity index (χ4n) is 4.65. The lowest BCUT2D eigenvalue weighted by Gasteiger charge is -2.34. The van der Waals surface area contributed by atoms with Crippen LogP contribution in [0.2, 0.25) is 5.02 Å². The molecular formula is C23H24ClN5O2. The van der Waals surface area contributed by atoms with E-state index in [0.717, 1.165) is 42.7 Å². The molecule has 5 rings (SSSR count). The lowest BCUT2D eigenvalue weighted by atomic mass is 9.96. The number of benzene rings is 1. The van der Waals surface area contributed by atoms with Crippen LogP contribution in [0, 0.1) is 5.92 Å². The topological polar surface area (TPSA) is 82.2 Å². The molecule has 0 bridgehead atoms. The first-order valence-electron chi connectivity index (χ1n) is 10.7. The number of hydrogen-bond donors (Lipinski definition) is 1. The summed E-state index contributed by atoms with van der Waals surface area (Å²) in [5.74, 6) is 1.08. The van der Waals surface area contributed by atoms with Gasteiger partial charge in [0.25, 0.3) is 5.91 Å². The Kier molecular flexibility index (Phi) is 5.36. The molecular weight excluding hydrogens is 414 g/mol. The van der Waals surface area contributed by atoms with Crippen molar-refractivity contribution in [1.29, 1.82) is 0 Å². The second-order valence-corrected chi connectivity index (χ2v) is 8.82. The maximum Gasteiger partial charge on any atom is 0.253 e. The summed E-state index contributed by atoms with van der Waals surface area (Å²) in [5, 5.41) is 0.604. The van der Waals surface area contributed by atoms with Crippen molar-refractivity contribution < 1.29 is 9.59 Å². The Morgan fingerprint density at radius 1 is 1.03 bits per heavy atom. The summed E-state index contributed by atoms with van der Waals surface area (Å²) in [7, 11) is 0. The Morgan fingerprint density at radius 2 is 1.87 bits per heavy atom. The molecule has 31 heavy (non-hydrogen) atoms. The SMILES string of the molecule is O=C(c1ccc(Cl)cc1)N1CCCC(C(=O)N2CCC(c3nc4ccncc4[nH]3)C2)C1. The van der Waals surface area contributed by atoms with Crippen molar-refractivity contribution in [2.75, 3.05) is 26.2 Å². The predicted molar refractivity (Wildman–Crippen MR) is 118 cm³/mol. The van der Waals surface area contributed by atoms with Gasteiger partial charge in [0, 0.05) is 48.9 Å². The number of carbonyl (C=O) groups is 2. The van der Waals surface area contributed by atoms with E-state index < -0.39 is 0 Å². The van der Waals surface area contributed by atoms with Crippen LogP contribution < -0.4 is 0 Å². The van der Waals surface area contributed by atoms with E-state index in [2.05, 4.69) is 15.0 Å². The normalized spacial score (nSPS) is 21.6. The number of likely N-dealkylation sites (tertiary alicyclic amines) is 2. The molecule has 2 aromatic heterocycles. The summed E-state index contributed by atoms with van der Waals surface area (Å²) < 4.78 is 0. The molecule has 0 aliphatic carbocycles. The van der Waals surface area contributed by atoms with E-state index in [1.165, 1.54) is 0 Å². The zero-order valence-electron chi connectivity index (χ0n) is 17.1. The van der Waals surface area contributed by atoms with Gasteiger partial charge in [-0.3, -0.25) is 14.6 Å². The van der Waals surface area contributed by atoms with Gasteiger partial charge in [-0.15, -0.1) is 0 Å². The maximum absolute atomic E-state index is 13.2. The number of nitrogens with one attached hydrogen (secondary N) is 1. The molecule has 2 atom stereocenters. The van der Waals surface area contributed by atoms with Crippen LogP contribution in [0.5, 0.6) is 0 Å². The minimum Gasteiger partial charge on any atom is -0.342 e. The van der Waals surface area contributed by atoms with Gasteiger partial charge in [0.05, 0.1) is 23.1 Å². The number of fused-ring (bicyclic) bond motifs is 1. The van der Waals surface area contributed by atoms with Crippen LogP contribution >= 0.6 is 11.6 Å². The van der Waals surface area contributed by atoms with Gasteiger partial charge in [-0.25, -0.2) is 4.98 Å². The number of rotatable bonds is 3. The van der Waals surface area contributed by atoms with Gasteiger partial charge in [0.1, 0.15) is 5.82 Å². The number of H-pyrrole nitrogens is 1. The van der Waals surface area contributed by atoms with Crippen LogP contribution in [0.15, 0.2) is 42.7 Å². The second kappa shape index (κ2) is 8.30. The Balaban J connectivity index is 1.23. The zero-order chi connectivity index (χ0) is 21.4. The second-order valence-electron chi connectivity index (χ2n) is 8.38. The number of aromatic nitrogens is 3. The average Bonchev–Trinajstić information content (AvgIpc) is 3.46. The molecule has 0 radical (unpaired) electrons. The highest BCUT2D eigenvalue weighted by molar-refractivity contribution is 6.30. The van der Waals surface area contributed by atoms with Crippen molar-refractivity contribution in [3.8, 4) is 0 Å². The Hall–Kier alpha value is -2.93. The summed E-state index contributed by atoms with van der Waals surface area (Å²) in [6.45, 7) is 2.53. The van der Waals surface area contributed by atoms with E-state index in [0.29, 0.717) is 30.2 Å². The number of imidazole rings is 1. The molecule has 1 N–H and O–H groups in total. The molecule has 2 saturated heterocycles. The first kappa shape index (κ1) is 20.0. The third kappa shape index (κ3) is 4.02. The van der Waals surface area contributed by atoms with Crippen molar-refractivity contribution in [1.82, 2.24) is 24.8 Å². The maximum atomic E-state index is 13.2. The average molecular weight is 438 g/mol. The minimum absolute atomic E-state index is 0.0376. The molecule has 2 amide bonds. The van der Waals surface area contributed by atoms with Crippen molar-refractivity contribution in [3.05, 3.63) is 59.1 Å². The molecule has 160 valence electrons. The smallest absolute Gasteiger partial charge is 0.253 e. The van der Waals surface area contributed by atoms with Gasteiger partial charge in [-0.1, -0.05) is 11.6 Å². The molecule has 0 saturated carbocycles. The van der Waals surface area contributed by atoms with E-state index in [1.54, 1.807) is 41.6 Å². The third-order valence-electron chi connectivity index (χ3n) is 6.34. The minimum atomic E-state index is -0.149. The molecule has 2 fully saturated rings. The number of nitrogens with zero attached hydrogens (tertiary/aromatic N) is 4. The molecule has 2 aliphatic heterocycles. The van der Waals surface area contributed by atoms with Crippen LogP contribution in [-0.4, -0.2) is 62.7 Å². The lowest BCUT2D eigenvalue weighted by molar-refractivity contribution is -0.135. The summed E-state index contributed by atoms with van der Waals surface area (Å²) in [6, 6.07) is 8.81. The van der Waals surface area contributed by atoms with E-state index in [4.69, 9.17) is 11.6 Å². The van der Waals surface area contributed by atoms with Crippen LogP contribution in [0.3, 0.4) is 0 Å². The van der Waals surface area contributed by atoms with E-state index in [1.807, 2.05) is 11.0 Å². The molecule has 7 nitrogen and oxygen atoms in total. The van der Waals surface area contributed by atoms with Crippen molar-refractivity contribution in [3.63, 3.8) is 0 Å². The summed E-state index contributed by atoms with van der Waals surface area (Å²) in [4.78, 5) is 42.0. The molecule has 2 unspecified atom stereocenters. The molecule has 2 aliphatic rings. The van der Waals surface area contributed by atoms with Crippen LogP contribution in [0.1, 0.15) is 41.4 Å². The van der Waals surface area contributed by atoms with Crippen LogP contribution in [0.25, 0.3) is 11.0 Å². The third-order valence-corrected chi connectivity index (χ3v) is 6.59. The van der Waals surface area contributed by atoms with Gasteiger partial charge in [-0.05, 0) is 49.6 Å². The summed E-state index contributed by atoms with van der Waals surface area (Å²) in [5.41, 5.74) is 2.43. The number of piperidine rings is 1. The van der Waals surface area contributed by atoms with Gasteiger partial charge in [0.15, 0.2) is 0 Å². The van der Waals surface area contributed by atoms with Crippen molar-refractivity contribution in [2.24, 2.45) is 5.92 Å². The molecule has 3 aromatic rings. The van der Waals surface area contributed by atoms with Crippen molar-refractivity contribution in [2.45, 2.75) is 25.2 Å². The molecule has 0 spiro atoms. The fourth-order valence-corrected chi connectivity index (χ4v) is 4.78. The summed E-state index contributed by atoms with van der Waals surface area (Å²) in [6.07, 6.45) is 6.05. The van der Waals surface area contributed by atoms with Gasteiger partial charge >= 0.3 is 0 Å². The van der Waals surface area contributed by atoms with E-state index >= 15 is 0 Å². The number of halogens is 1. The van der Waals surface area contributed by atoms with Crippen molar-refractivity contribution >= 4 is 34.4 Å². The molecule has 8 heteroatoms. The van der Waals surface area contributed by atoms with Crippen LogP contribution in [-0.2, 0) is 4.79 Å². The van der Waals surface area contributed by atoms with Gasteiger partial charge in [-0.2, -0.15) is 0 Å². The predicted octanol–water partition coefficient (Wildman–Crippen LogP) is 3.48. The number of pyridine rings is 1. The van der Waals surface area contributed by atoms with E-state index in [-0.39, 0.29) is 23.7 Å². The Morgan fingerprint density at radius 3 is 2.68 bits per heavy atom. The lowest BCUT2D eigenvalue weighted by Crippen LogP contribution is -2.46. The summed E-state index contributed by atoms with van der Waals surface area (Å²) >= 11 is 5.93. The van der Waals surface area contributed by atoms with E-state index in [9.17, 15) is 9.59 Å². The highest BCUT2D eigenvalue weighted by atomic mass is 35.5. The fraction of sp³-hybridized carbons (Fsp3) is 0.391. The Labute approximate surface area is 185 Å². The Bertz CT molecular complexity index is 1080. The van der Waals surface area contributed by atoms with Crippen LogP contribution in [0.4, 0.5) is 0 Å². The highest BCUT2D eigenvalue weighted by Gasteiger charge is 2.35. The quantitative estimate of drug-likeness (QED) is 0.680. The van der Waals surface area contributed by atoms with Gasteiger partial charge < -0.3 is 14.8 Å². The molecule has 4 heterocycles. The standard InChI is InChI=1S/C23H24ClN5O2/c24-18-5-3-15(4-6-18)22(30)28-10-1-2-17(14-28)23(31)29-11-8-16(13-29)21-26-19-7-9-25-12-20(19)27-21/h3-7,9,12,16-17H,1-2,8,10-11,13-14H2,(H,26,27). The number of hydrogen-bond acceptors (Lipinski definition) is 4. The number of aromatic amines is 1. The zero-order valence-corrected chi connectivity index (χ0v) is 17.9. The highest BCUT2D eigenvalue weighted by Crippen LogP contribution is 2.29. The monoisotopic (exact) mass is 437 g/mol. The molecule has 1 aromatic carbocycles. The first-order chi connectivity index (χ1) is 15.1. The number of amides is 2.